The van der Waals surface area contributed by atoms with Crippen LogP contribution in [0.4, 0.5) is 23.0 Å². The van der Waals surface area contributed by atoms with E-state index in [1.807, 2.05) is 62.4 Å². The summed E-state index contributed by atoms with van der Waals surface area (Å²) in [5, 5.41) is 35.0. The molecule has 6 aromatic carbocycles. The van der Waals surface area contributed by atoms with Gasteiger partial charge in [0, 0.05) is 154 Å². The van der Waals surface area contributed by atoms with Gasteiger partial charge in [-0.05, 0) is 203 Å². The number of ether oxygens (including phenoxy) is 4. The summed E-state index contributed by atoms with van der Waals surface area (Å²) in [7, 11) is -33.5. The molecule has 8 aromatic rings. The molecule has 0 radical (unpaired) electrons. The molecular weight excluding hydrogens is 2040 g/mol. The number of nitrogen functional groups attached to an aromatic ring is 2. The van der Waals surface area contributed by atoms with Gasteiger partial charge in [0.05, 0.1) is 84.8 Å². The summed E-state index contributed by atoms with van der Waals surface area (Å²) < 4.78 is 126. The zero-order chi connectivity index (χ0) is 108. The molecule has 16 rings (SSSR count). The minimum Gasteiger partial charge on any atom is -0.545 e. The zero-order valence-corrected chi connectivity index (χ0v) is 88.5. The van der Waals surface area contributed by atoms with Crippen LogP contribution in [0.15, 0.2) is 131 Å². The van der Waals surface area contributed by atoms with Crippen LogP contribution in [0, 0.1) is 23.7 Å². The van der Waals surface area contributed by atoms with Crippen molar-refractivity contribution in [2.45, 2.75) is 183 Å². The molecule has 0 aliphatic carbocycles. The Balaban J connectivity index is 0.000000222. The number of phosphoric acid groups is 6. The summed E-state index contributed by atoms with van der Waals surface area (Å²) >= 11 is 0. The van der Waals surface area contributed by atoms with Gasteiger partial charge in [-0.2, -0.15) is 27.2 Å². The first kappa shape index (κ1) is 110. The summed E-state index contributed by atoms with van der Waals surface area (Å²) in [5.41, 5.74) is 22.0. The Bertz CT molecular complexity index is 7990. The van der Waals surface area contributed by atoms with Gasteiger partial charge in [0.25, 0.3) is 11.8 Å². The maximum absolute atomic E-state index is 14.0. The highest BCUT2D eigenvalue weighted by atomic mass is 31.3. The van der Waals surface area contributed by atoms with Gasteiger partial charge in [-0.1, -0.05) is 48.0 Å². The number of rotatable bonds is 28. The van der Waals surface area contributed by atoms with Crippen molar-refractivity contribution < 1.29 is 141 Å². The number of fused-ring (bicyclic) bond motifs is 8. The fraction of sp³-hybridized carbons (Fsp3) is 0.367. The molecule has 2 aromatic heterocycles. The molecule has 784 valence electrons. The van der Waals surface area contributed by atoms with E-state index in [-0.39, 0.29) is 112 Å². The number of benzene rings is 6. The van der Waals surface area contributed by atoms with E-state index in [0.29, 0.717) is 74.4 Å². The third kappa shape index (κ3) is 23.4. The smallest absolute Gasteiger partial charge is 0.490 e. The summed E-state index contributed by atoms with van der Waals surface area (Å²) in [6.45, 7) is 34.7. The van der Waals surface area contributed by atoms with Crippen LogP contribution < -0.4 is 93.3 Å². The number of allylic oxidation sites excluding steroid dienone is 4. The number of aromatic nitrogens is 4. The number of phosphoric ester groups is 2. The number of likely N-dealkylation sites (N-methyl/N-ethyl adjacent to an activating group) is 4. The standard InChI is InChI=1S/2C49H55N6O16P3/c1-9-54-38-21-40-36(19-33(38)27(3)23-48(54,5)6)43(37-20-34-28(4)24-49(7,8)55(10-2)39(34)22-41(37)69-40)35-18-29(13-15-32(35)46(57)58)45(56)51-17-11-12-30-25-53(47(59)52-44(30)50)42-16-14-31(68-42)26-67-73(63,64)71-74(65,66)70-72(60,61)62;1-9-54-38-21-40-36(19-33(38)27(3)23-48(54,5)6)43(37-20-34-28(4)24-49(7,8)55(10-2)39(34)22-41(37)69-40)32-15-13-29(18-35(32)46(57)58)45(56)51-17-11-12-30-25-53(47(59)52-44(30)50)42-16-14-31(68-42)26-67-73(63,64)71-74(65,66)70-72(60,61)62/h2*13,15,18-25,31,42H,9-10,14,16-17,26H2,1-8H3,(H7-,50,51,52,56,57,58,59,60,61,62,63,64,65,66)/t2*31-,42+/m00/s1. The van der Waals surface area contributed by atoms with Crippen molar-refractivity contribution in [3.8, 4) is 46.7 Å². The second-order valence-electron chi connectivity index (χ2n) is 38.2. The van der Waals surface area contributed by atoms with Crippen molar-refractivity contribution in [1.82, 2.24) is 38.9 Å². The third-order valence-electron chi connectivity index (χ3n) is 26.2. The highest BCUT2D eigenvalue weighted by Gasteiger charge is 2.47. The molecule has 0 saturated carbocycles. The van der Waals surface area contributed by atoms with Crippen LogP contribution in [0.2, 0.25) is 0 Å². The molecule has 44 nitrogen and oxygen atoms in total. The molecule has 0 spiro atoms. The molecule has 2 saturated heterocycles. The van der Waals surface area contributed by atoms with Crippen LogP contribution in [0.25, 0.3) is 33.4 Å². The van der Waals surface area contributed by atoms with E-state index >= 15 is 0 Å². The van der Waals surface area contributed by atoms with E-state index < -0.39 is 120 Å². The van der Waals surface area contributed by atoms with E-state index in [0.717, 1.165) is 88.9 Å². The van der Waals surface area contributed by atoms with E-state index in [2.05, 4.69) is 211 Å². The molecule has 2 fully saturated rings. The number of nitrogens with zero attached hydrogens (tertiary/aromatic N) is 8. The molecular formula is C98H110N12O32P6. The first-order chi connectivity index (χ1) is 69.0. The fourth-order valence-electron chi connectivity index (χ4n) is 20.4. The van der Waals surface area contributed by atoms with Crippen molar-refractivity contribution in [2.24, 2.45) is 0 Å². The molecule has 8 atom stereocenters. The molecule has 0 bridgehead atoms. The average molecular weight is 2150 g/mol. The van der Waals surface area contributed by atoms with Crippen LogP contribution >= 0.6 is 46.9 Å². The number of carboxylic acids is 2. The number of carboxylic acid groups (broad SMARTS) is 2. The number of amides is 2. The SMILES string of the molecule is CCN1c2cc3c(cc2C(C)=CC1(C)C)C(c1cc(C(=O)NCC#Cc2cn([C@H]4CC[C@@H](COP(=O)(O)OP(=O)(O)OP(=O)(O)O)O4)c(=O)nc2N)ccc1C(=O)[O-])=c1cc2c(cc1O3)=[N+](CC)C(C)(C)C=C2C.CCN1c2cc3c(cc2C(C)=CC1(C)C)C(c1ccc(C(=O)NCC#Cc2cn([C@H]4CC[C@@H](COP(=O)(O)OP(=O)(O)OP(=O)(O)O)O4)c(=O)nc2N)cc1C(=O)[O-])=c1cc2c(cc1O3)=[N+](CC)C(C)(C)C=C2C. The maximum Gasteiger partial charge on any atom is 0.490 e. The van der Waals surface area contributed by atoms with E-state index in [1.54, 1.807) is 6.07 Å². The number of carbonyl (C=O) groups excluding carboxylic acids is 4. The molecule has 148 heavy (non-hydrogen) atoms. The fourth-order valence-corrected chi connectivity index (χ4v) is 26.5. The zero-order valence-electron chi connectivity index (χ0n) is 83.1. The molecule has 4 unspecified atom stereocenters. The number of carbonyl (C=O) groups is 4. The highest BCUT2D eigenvalue weighted by molar-refractivity contribution is 7.67. The Hall–Kier alpha value is -12.1. The average Bonchev–Trinajstić information content (AvgIpc) is 0.791. The lowest BCUT2D eigenvalue weighted by molar-refractivity contribution is -0.256. The largest absolute Gasteiger partial charge is 0.545 e. The van der Waals surface area contributed by atoms with Crippen molar-refractivity contribution in [3.05, 3.63) is 242 Å². The van der Waals surface area contributed by atoms with Gasteiger partial charge < -0.3 is 110 Å². The van der Waals surface area contributed by atoms with Gasteiger partial charge in [-0.3, -0.25) is 27.8 Å². The first-order valence-corrected chi connectivity index (χ1v) is 55.7. The second kappa shape index (κ2) is 41.3. The molecule has 8 aliphatic rings. The minimum atomic E-state index is -5.73. The summed E-state index contributed by atoms with van der Waals surface area (Å²) in [6.07, 6.45) is 7.93. The number of hydrogen-bond acceptors (Lipinski definition) is 30. The second-order valence-corrected chi connectivity index (χ2v) is 47.0. The van der Waals surface area contributed by atoms with E-state index in [1.165, 1.54) is 42.7 Å². The quantitative estimate of drug-likeness (QED) is 0.0125. The van der Waals surface area contributed by atoms with Crippen LogP contribution in [-0.4, -0.2) is 169 Å². The summed E-state index contributed by atoms with van der Waals surface area (Å²) in [6, 6.07) is 24.8. The number of aromatic carboxylic acids is 2. The minimum absolute atomic E-state index is 0.00790. The third-order valence-corrected chi connectivity index (χ3v) is 33.8. The first-order valence-electron chi connectivity index (χ1n) is 46.7. The molecule has 10 heterocycles. The Morgan fingerprint density at radius 2 is 0.851 bits per heavy atom. The Labute approximate surface area is 848 Å². The predicted octanol–water partition coefficient (Wildman–Crippen LogP) is 8.15. The number of hydrogen-bond donors (Lipinski definition) is 12. The van der Waals surface area contributed by atoms with Crippen molar-refractivity contribution in [2.75, 3.05) is 73.7 Å². The van der Waals surface area contributed by atoms with Crippen molar-refractivity contribution in [3.63, 3.8) is 0 Å². The Morgan fingerprint density at radius 3 is 1.24 bits per heavy atom. The Morgan fingerprint density at radius 1 is 0.466 bits per heavy atom. The maximum atomic E-state index is 14.0. The normalized spacial score (nSPS) is 20.0. The van der Waals surface area contributed by atoms with E-state index in [9.17, 15) is 85.9 Å². The van der Waals surface area contributed by atoms with Gasteiger partial charge in [0.1, 0.15) is 60.2 Å². The summed E-state index contributed by atoms with van der Waals surface area (Å²) in [5.74, 6) is 8.50. The van der Waals surface area contributed by atoms with Crippen LogP contribution in [0.3, 0.4) is 0 Å². The van der Waals surface area contributed by atoms with Gasteiger partial charge in [0.2, 0.25) is 10.7 Å². The number of nitrogens with one attached hydrogen (secondary N) is 2. The highest BCUT2D eigenvalue weighted by Crippen LogP contribution is 2.68. The molecule has 8 aliphatic heterocycles. The number of nitrogens with two attached hydrogens (primary N) is 2. The summed E-state index contributed by atoms with van der Waals surface area (Å²) in [4.78, 5) is 165. The van der Waals surface area contributed by atoms with Crippen LogP contribution in [0.5, 0.6) is 23.0 Å². The van der Waals surface area contributed by atoms with Crippen molar-refractivity contribution >= 4 is 127 Å². The molecule has 2 amide bonds. The van der Waals surface area contributed by atoms with Crippen LogP contribution in [-0.2, 0) is 63.2 Å². The van der Waals surface area contributed by atoms with Crippen molar-refractivity contribution in [1.29, 1.82) is 0 Å². The molecule has 14 N–H and O–H groups in total. The topological polar surface area (TPSA) is 629 Å². The lowest BCUT2D eigenvalue weighted by Crippen LogP contribution is -2.49. The monoisotopic (exact) mass is 2150 g/mol. The lowest BCUT2D eigenvalue weighted by atomic mass is 9.83. The van der Waals surface area contributed by atoms with Gasteiger partial charge >= 0.3 is 58.3 Å². The predicted molar refractivity (Wildman–Crippen MR) is 540 cm³/mol. The van der Waals surface area contributed by atoms with Gasteiger partial charge in [-0.15, -0.1) is 0 Å². The van der Waals surface area contributed by atoms with E-state index in [4.69, 9.17) is 50.0 Å². The van der Waals surface area contributed by atoms with Gasteiger partial charge in [-0.25, -0.2) is 46.1 Å². The molecule has 50 heteroatoms. The van der Waals surface area contributed by atoms with Gasteiger partial charge in [0.15, 0.2) is 11.1 Å². The lowest BCUT2D eigenvalue weighted by Gasteiger charge is -2.43. The number of anilines is 4. The van der Waals surface area contributed by atoms with Crippen LogP contribution in [0.1, 0.15) is 246 Å². The Kier molecular flexibility index (Phi) is 30.8.